The fourth-order valence-corrected chi connectivity index (χ4v) is 1.91. The van der Waals surface area contributed by atoms with Gasteiger partial charge in [0.15, 0.2) is 0 Å². The third-order valence-corrected chi connectivity index (χ3v) is 2.87. The molecule has 7 heteroatoms. The topological polar surface area (TPSA) is 55.0 Å². The van der Waals surface area contributed by atoms with Crippen molar-refractivity contribution in [3.8, 4) is 0 Å². The highest BCUT2D eigenvalue weighted by Gasteiger charge is 2.27. The van der Waals surface area contributed by atoms with Crippen molar-refractivity contribution < 1.29 is 13.2 Å². The van der Waals surface area contributed by atoms with Crippen LogP contribution in [-0.2, 0) is 6.42 Å². The number of rotatable bonds is 3. The highest BCUT2D eigenvalue weighted by Crippen LogP contribution is 2.22. The summed E-state index contributed by atoms with van der Waals surface area (Å²) < 4.78 is 36.4. The Morgan fingerprint density at radius 1 is 1.44 bits per heavy atom. The molecule has 1 saturated heterocycles. The largest absolute Gasteiger partial charge is 0.389 e. The minimum Gasteiger partial charge on any atom is -0.339 e. The molecule has 2 rings (SSSR count). The summed E-state index contributed by atoms with van der Waals surface area (Å²) in [4.78, 5) is 10.1. The zero-order chi connectivity index (χ0) is 13.2. The van der Waals surface area contributed by atoms with Crippen LogP contribution in [0.3, 0.4) is 0 Å². The van der Waals surface area contributed by atoms with Crippen molar-refractivity contribution in [2.75, 3.05) is 18.0 Å². The van der Waals surface area contributed by atoms with Gasteiger partial charge in [0.2, 0.25) is 5.95 Å². The van der Waals surface area contributed by atoms with Gasteiger partial charge in [-0.3, -0.25) is 0 Å². The molecule has 0 unspecified atom stereocenters. The Bertz CT molecular complexity index is 408. The molecule has 0 aromatic carbocycles. The zero-order valence-electron chi connectivity index (χ0n) is 9.82. The second-order valence-corrected chi connectivity index (χ2v) is 4.46. The summed E-state index contributed by atoms with van der Waals surface area (Å²) in [6.45, 7) is 1.41. The smallest absolute Gasteiger partial charge is 0.339 e. The van der Waals surface area contributed by atoms with Gasteiger partial charge in [0, 0.05) is 37.4 Å². The molecule has 1 atom stereocenters. The van der Waals surface area contributed by atoms with E-state index in [0.29, 0.717) is 18.2 Å². The van der Waals surface area contributed by atoms with E-state index in [1.807, 2.05) is 4.90 Å². The molecule has 0 amide bonds. The first-order valence-corrected chi connectivity index (χ1v) is 5.83. The van der Waals surface area contributed by atoms with E-state index in [0.717, 1.165) is 13.0 Å². The molecule has 1 aromatic rings. The van der Waals surface area contributed by atoms with E-state index < -0.39 is 12.6 Å². The van der Waals surface area contributed by atoms with Gasteiger partial charge in [0.05, 0.1) is 0 Å². The molecule has 4 nitrogen and oxygen atoms in total. The Balaban J connectivity index is 2.01. The van der Waals surface area contributed by atoms with Gasteiger partial charge in [0.1, 0.15) is 0 Å². The fourth-order valence-electron chi connectivity index (χ4n) is 1.91. The summed E-state index contributed by atoms with van der Waals surface area (Å²) >= 11 is 0. The second kappa shape index (κ2) is 5.09. The van der Waals surface area contributed by atoms with E-state index in [2.05, 4.69) is 9.97 Å². The fraction of sp³-hybridized carbons (Fsp3) is 0.636. The van der Waals surface area contributed by atoms with Gasteiger partial charge < -0.3 is 10.6 Å². The first-order chi connectivity index (χ1) is 8.44. The van der Waals surface area contributed by atoms with Crippen molar-refractivity contribution in [2.24, 2.45) is 5.73 Å². The average molecular weight is 260 g/mol. The zero-order valence-corrected chi connectivity index (χ0v) is 9.82. The maximum atomic E-state index is 12.1. The number of hydrogen-bond donors (Lipinski definition) is 1. The molecule has 0 aliphatic carbocycles. The number of alkyl halides is 3. The van der Waals surface area contributed by atoms with Crippen LogP contribution in [0.5, 0.6) is 0 Å². The van der Waals surface area contributed by atoms with Gasteiger partial charge in [-0.2, -0.15) is 13.2 Å². The summed E-state index contributed by atoms with van der Waals surface area (Å²) in [7, 11) is 0. The van der Waals surface area contributed by atoms with Crippen LogP contribution >= 0.6 is 0 Å². The number of aryl methyl sites for hydroxylation is 1. The molecule has 1 aliphatic heterocycles. The van der Waals surface area contributed by atoms with Crippen LogP contribution in [0.25, 0.3) is 0 Å². The number of halogens is 3. The van der Waals surface area contributed by atoms with Crippen molar-refractivity contribution in [2.45, 2.75) is 31.5 Å². The monoisotopic (exact) mass is 260 g/mol. The highest BCUT2D eigenvalue weighted by atomic mass is 19.4. The number of hydrogen-bond acceptors (Lipinski definition) is 4. The summed E-state index contributed by atoms with van der Waals surface area (Å²) in [6.07, 6.45) is -2.77. The van der Waals surface area contributed by atoms with Crippen LogP contribution in [0.1, 0.15) is 18.5 Å². The minimum atomic E-state index is -4.15. The van der Waals surface area contributed by atoms with Gasteiger partial charge in [-0.05, 0) is 18.9 Å². The predicted molar refractivity (Wildman–Crippen MR) is 61.2 cm³/mol. The molecule has 1 aromatic heterocycles. The Morgan fingerprint density at radius 3 is 2.83 bits per heavy atom. The molecule has 0 radical (unpaired) electrons. The van der Waals surface area contributed by atoms with E-state index in [1.54, 1.807) is 0 Å². The molecule has 0 saturated carbocycles. The van der Waals surface area contributed by atoms with Gasteiger partial charge in [-0.15, -0.1) is 0 Å². The lowest BCUT2D eigenvalue weighted by molar-refractivity contribution is -0.134. The van der Waals surface area contributed by atoms with E-state index in [1.165, 1.54) is 12.3 Å². The van der Waals surface area contributed by atoms with Gasteiger partial charge in [0.25, 0.3) is 0 Å². The van der Waals surface area contributed by atoms with Crippen molar-refractivity contribution in [1.29, 1.82) is 0 Å². The number of nitrogens with two attached hydrogens (primary N) is 1. The SMILES string of the molecule is N[C@H]1CCN(c2nccc(CCC(F)(F)F)n2)C1. The van der Waals surface area contributed by atoms with E-state index >= 15 is 0 Å². The average Bonchev–Trinajstić information content (AvgIpc) is 2.73. The molecular formula is C11H15F3N4. The third-order valence-electron chi connectivity index (χ3n) is 2.87. The normalized spacial score (nSPS) is 20.4. The predicted octanol–water partition coefficient (Wildman–Crippen LogP) is 1.51. The summed E-state index contributed by atoms with van der Waals surface area (Å²) in [6, 6.07) is 1.61. The van der Waals surface area contributed by atoms with Crippen LogP contribution < -0.4 is 10.6 Å². The number of anilines is 1. The molecule has 100 valence electrons. The number of nitrogens with zero attached hydrogens (tertiary/aromatic N) is 3. The Kier molecular flexibility index (Phi) is 3.70. The van der Waals surface area contributed by atoms with Crippen molar-refractivity contribution in [3.05, 3.63) is 18.0 Å². The lowest BCUT2D eigenvalue weighted by Crippen LogP contribution is -2.27. The lowest BCUT2D eigenvalue weighted by atomic mass is 10.2. The van der Waals surface area contributed by atoms with Crippen LogP contribution in [0.4, 0.5) is 19.1 Å². The second-order valence-electron chi connectivity index (χ2n) is 4.46. The standard InChI is InChI=1S/C11H15F3N4/c12-11(13,14)4-1-9-2-5-16-10(17-9)18-6-3-8(15)7-18/h2,5,8H,1,3-4,6-7,15H2/t8-/m0/s1. The molecule has 2 heterocycles. The maximum absolute atomic E-state index is 12.1. The lowest BCUT2D eigenvalue weighted by Gasteiger charge is -2.16. The van der Waals surface area contributed by atoms with Crippen molar-refractivity contribution >= 4 is 5.95 Å². The van der Waals surface area contributed by atoms with Crippen LogP contribution in [0.15, 0.2) is 12.3 Å². The molecule has 1 fully saturated rings. The molecule has 2 N–H and O–H groups in total. The Hall–Kier alpha value is -1.37. The summed E-state index contributed by atoms with van der Waals surface area (Å²) in [5.74, 6) is 0.475. The molecular weight excluding hydrogens is 245 g/mol. The van der Waals surface area contributed by atoms with Crippen molar-refractivity contribution in [3.63, 3.8) is 0 Å². The quantitative estimate of drug-likeness (QED) is 0.895. The third kappa shape index (κ3) is 3.56. The van der Waals surface area contributed by atoms with Gasteiger partial charge in [-0.1, -0.05) is 0 Å². The molecule has 18 heavy (non-hydrogen) atoms. The van der Waals surface area contributed by atoms with Gasteiger partial charge >= 0.3 is 6.18 Å². The molecule has 1 aliphatic rings. The summed E-state index contributed by atoms with van der Waals surface area (Å²) in [5.41, 5.74) is 6.18. The van der Waals surface area contributed by atoms with Crippen molar-refractivity contribution in [1.82, 2.24) is 9.97 Å². The highest BCUT2D eigenvalue weighted by molar-refractivity contribution is 5.32. The first kappa shape index (κ1) is 13.1. The van der Waals surface area contributed by atoms with E-state index in [4.69, 9.17) is 5.73 Å². The van der Waals surface area contributed by atoms with Crippen LogP contribution in [-0.4, -0.2) is 35.3 Å². The maximum Gasteiger partial charge on any atom is 0.389 e. The Labute approximate surface area is 103 Å². The Morgan fingerprint density at radius 2 is 2.22 bits per heavy atom. The van der Waals surface area contributed by atoms with E-state index in [9.17, 15) is 13.2 Å². The minimum absolute atomic E-state index is 0.0902. The molecule has 0 bridgehead atoms. The number of aromatic nitrogens is 2. The van der Waals surface area contributed by atoms with Crippen LogP contribution in [0, 0.1) is 0 Å². The van der Waals surface area contributed by atoms with Crippen LogP contribution in [0.2, 0.25) is 0 Å². The molecule has 0 spiro atoms. The first-order valence-electron chi connectivity index (χ1n) is 5.83. The van der Waals surface area contributed by atoms with Gasteiger partial charge in [-0.25, -0.2) is 9.97 Å². The summed E-state index contributed by atoms with van der Waals surface area (Å²) in [5, 5.41) is 0. The van der Waals surface area contributed by atoms with E-state index in [-0.39, 0.29) is 12.5 Å².